The van der Waals surface area contributed by atoms with Crippen LogP contribution >= 0.6 is 0 Å². The van der Waals surface area contributed by atoms with Gasteiger partial charge in [0.15, 0.2) is 0 Å². The van der Waals surface area contributed by atoms with E-state index in [2.05, 4.69) is 19.1 Å². The lowest BCUT2D eigenvalue weighted by Crippen LogP contribution is -1.82. The van der Waals surface area contributed by atoms with Crippen LogP contribution in [-0.4, -0.2) is 0 Å². The highest BCUT2D eigenvalue weighted by molar-refractivity contribution is 5.12. The van der Waals surface area contributed by atoms with E-state index in [1.165, 1.54) is 24.8 Å². The predicted molar refractivity (Wildman–Crippen MR) is 42.7 cm³/mol. The molecule has 0 unspecified atom stereocenters. The molecule has 1 rings (SSSR count). The lowest BCUT2D eigenvalue weighted by molar-refractivity contribution is 0.795. The maximum atomic E-state index is 3.01. The van der Waals surface area contributed by atoms with Gasteiger partial charge in [-0.25, -0.2) is 0 Å². The largest absolute Gasteiger partial charge is 0.0654 e. The standard InChI is InChI=1S/C10H12/c1-2-3-7-10-8-5-4-6-9-10/h4,8-9H,2-3,7H2,1H3. The molecule has 1 aromatic carbocycles. The molecule has 10 heavy (non-hydrogen) atoms. The predicted octanol–water partition coefficient (Wildman–Crippen LogP) is 2.63. The van der Waals surface area contributed by atoms with Crippen LogP contribution in [0.1, 0.15) is 25.3 Å². The van der Waals surface area contributed by atoms with E-state index in [0.717, 1.165) is 0 Å². The highest BCUT2D eigenvalue weighted by Crippen LogP contribution is 2.02. The van der Waals surface area contributed by atoms with Crippen LogP contribution in [0.25, 0.3) is 0 Å². The van der Waals surface area contributed by atoms with Crippen molar-refractivity contribution in [1.82, 2.24) is 0 Å². The van der Waals surface area contributed by atoms with Crippen molar-refractivity contribution in [3.8, 4) is 0 Å². The van der Waals surface area contributed by atoms with E-state index in [1.807, 2.05) is 18.2 Å². The van der Waals surface area contributed by atoms with Crippen LogP contribution in [-0.2, 0) is 6.42 Å². The van der Waals surface area contributed by atoms with E-state index in [0.29, 0.717) is 0 Å². The first-order valence-electron chi connectivity index (χ1n) is 3.79. The van der Waals surface area contributed by atoms with E-state index in [-0.39, 0.29) is 0 Å². The summed E-state index contributed by atoms with van der Waals surface area (Å²) in [4.78, 5) is 0. The van der Waals surface area contributed by atoms with Crippen LogP contribution in [0.2, 0.25) is 0 Å². The lowest BCUT2D eigenvalue weighted by Gasteiger charge is -1.95. The number of aryl methyl sites for hydroxylation is 1. The fraction of sp³-hybridized carbons (Fsp3) is 0.400. The van der Waals surface area contributed by atoms with Gasteiger partial charge in [0.1, 0.15) is 0 Å². The molecule has 0 heterocycles. The topological polar surface area (TPSA) is 0 Å². The zero-order chi connectivity index (χ0) is 7.23. The van der Waals surface area contributed by atoms with Crippen molar-refractivity contribution < 1.29 is 0 Å². The number of rotatable bonds is 3. The van der Waals surface area contributed by atoms with Gasteiger partial charge in [0.25, 0.3) is 0 Å². The van der Waals surface area contributed by atoms with Gasteiger partial charge < -0.3 is 0 Å². The molecule has 0 aliphatic carbocycles. The molecule has 0 aliphatic rings. The molecule has 0 saturated carbocycles. The summed E-state index contributed by atoms with van der Waals surface area (Å²) >= 11 is 0. The first-order valence-corrected chi connectivity index (χ1v) is 3.79. The summed E-state index contributed by atoms with van der Waals surface area (Å²) in [5.41, 5.74) is 1.35. The van der Waals surface area contributed by atoms with Crippen molar-refractivity contribution >= 4 is 0 Å². The van der Waals surface area contributed by atoms with E-state index in [1.54, 1.807) is 0 Å². The molecule has 0 bridgehead atoms. The maximum Gasteiger partial charge on any atom is -0.0175 e. The Hall–Kier alpha value is -0.780. The first-order chi connectivity index (χ1) is 4.93. The van der Waals surface area contributed by atoms with Gasteiger partial charge in [-0.05, 0) is 36.6 Å². The summed E-state index contributed by atoms with van der Waals surface area (Å²) in [5, 5.41) is 0. The monoisotopic (exact) mass is 132 g/mol. The molecule has 0 amide bonds. The molecule has 0 aromatic heterocycles. The summed E-state index contributed by atoms with van der Waals surface area (Å²) in [7, 11) is 0. The zero-order valence-corrected chi connectivity index (χ0v) is 6.35. The van der Waals surface area contributed by atoms with Crippen molar-refractivity contribution in [2.24, 2.45) is 0 Å². The van der Waals surface area contributed by atoms with Crippen LogP contribution in [0.5, 0.6) is 0 Å². The molecule has 0 aliphatic heterocycles. The summed E-state index contributed by atoms with van der Waals surface area (Å²) < 4.78 is 0. The third kappa shape index (κ3) is 2.22. The molecule has 2 radical (unpaired) electrons. The molecule has 0 nitrogen and oxygen atoms in total. The number of hydrogen-bond acceptors (Lipinski definition) is 0. The molecule has 52 valence electrons. The third-order valence-corrected chi connectivity index (χ3v) is 1.52. The van der Waals surface area contributed by atoms with Crippen LogP contribution < -0.4 is 0 Å². The molecule has 0 heteroatoms. The third-order valence-electron chi connectivity index (χ3n) is 1.52. The van der Waals surface area contributed by atoms with Gasteiger partial charge in [0, 0.05) is 0 Å². The average molecular weight is 132 g/mol. The summed E-state index contributed by atoms with van der Waals surface area (Å²) in [6.07, 6.45) is 3.70. The second-order valence-electron chi connectivity index (χ2n) is 2.44. The van der Waals surface area contributed by atoms with Crippen molar-refractivity contribution in [1.29, 1.82) is 0 Å². The molecule has 1 aromatic rings. The fourth-order valence-corrected chi connectivity index (χ4v) is 0.912. The Bertz CT molecular complexity index is 165. The van der Waals surface area contributed by atoms with E-state index in [9.17, 15) is 0 Å². The zero-order valence-electron chi connectivity index (χ0n) is 6.35. The molecule has 0 N–H and O–H groups in total. The van der Waals surface area contributed by atoms with Gasteiger partial charge in [-0.3, -0.25) is 0 Å². The molecule has 0 atom stereocenters. The van der Waals surface area contributed by atoms with Gasteiger partial charge in [-0.2, -0.15) is 0 Å². The quantitative estimate of drug-likeness (QED) is 0.593. The molecule has 0 spiro atoms. The van der Waals surface area contributed by atoms with E-state index < -0.39 is 0 Å². The highest BCUT2D eigenvalue weighted by atomic mass is 13.9. The van der Waals surface area contributed by atoms with Gasteiger partial charge in [0.05, 0.1) is 0 Å². The van der Waals surface area contributed by atoms with Crippen molar-refractivity contribution in [2.45, 2.75) is 26.2 Å². The lowest BCUT2D eigenvalue weighted by atomic mass is 10.1. The number of hydrogen-bond donors (Lipinski definition) is 0. The van der Waals surface area contributed by atoms with Gasteiger partial charge in [-0.1, -0.05) is 25.5 Å². The maximum absolute atomic E-state index is 3.01. The van der Waals surface area contributed by atoms with Gasteiger partial charge in [0.2, 0.25) is 0 Å². The van der Waals surface area contributed by atoms with Crippen LogP contribution in [0, 0.1) is 12.1 Å². The first kappa shape index (κ1) is 7.33. The van der Waals surface area contributed by atoms with Gasteiger partial charge in [-0.15, -0.1) is 0 Å². The van der Waals surface area contributed by atoms with Crippen LogP contribution in [0.4, 0.5) is 0 Å². The minimum atomic E-state index is 1.17. The van der Waals surface area contributed by atoms with Gasteiger partial charge >= 0.3 is 0 Å². The van der Waals surface area contributed by atoms with Crippen LogP contribution in [0.15, 0.2) is 18.2 Å². The average Bonchev–Trinajstić information content (AvgIpc) is 2.03. The SMILES string of the molecule is CCCCc1c[c]c[c]c1. The number of benzene rings is 1. The molecular weight excluding hydrogens is 120 g/mol. The second-order valence-corrected chi connectivity index (χ2v) is 2.44. The Morgan fingerprint density at radius 3 is 2.60 bits per heavy atom. The Kier molecular flexibility index (Phi) is 3.01. The second kappa shape index (κ2) is 4.10. The minimum Gasteiger partial charge on any atom is -0.0654 e. The van der Waals surface area contributed by atoms with Crippen molar-refractivity contribution in [3.63, 3.8) is 0 Å². The van der Waals surface area contributed by atoms with E-state index in [4.69, 9.17) is 0 Å². The summed E-state index contributed by atoms with van der Waals surface area (Å²) in [6, 6.07) is 11.9. The Morgan fingerprint density at radius 1 is 1.30 bits per heavy atom. The summed E-state index contributed by atoms with van der Waals surface area (Å²) in [6.45, 7) is 2.20. The molecule has 0 saturated heterocycles. The Labute approximate surface area is 62.9 Å². The molecule has 0 fully saturated rings. The minimum absolute atomic E-state index is 1.17. The molecular formula is C10H12. The van der Waals surface area contributed by atoms with Crippen molar-refractivity contribution in [2.75, 3.05) is 0 Å². The summed E-state index contributed by atoms with van der Waals surface area (Å²) in [5.74, 6) is 0. The normalized spacial score (nSPS) is 9.70. The Morgan fingerprint density at radius 2 is 2.00 bits per heavy atom. The number of unbranched alkanes of at least 4 members (excludes halogenated alkanes) is 1. The highest BCUT2D eigenvalue weighted by Gasteiger charge is 1.87. The smallest absolute Gasteiger partial charge is 0.0175 e. The van der Waals surface area contributed by atoms with Crippen LogP contribution in [0.3, 0.4) is 0 Å². The Balaban J connectivity index is 2.43. The van der Waals surface area contributed by atoms with Crippen molar-refractivity contribution in [3.05, 3.63) is 35.9 Å². The fourth-order valence-electron chi connectivity index (χ4n) is 0.912. The van der Waals surface area contributed by atoms with E-state index >= 15 is 0 Å².